The van der Waals surface area contributed by atoms with Crippen LogP contribution in [-0.4, -0.2) is 24.4 Å². The van der Waals surface area contributed by atoms with Gasteiger partial charge in [-0.05, 0) is 46.9 Å². The lowest BCUT2D eigenvalue weighted by Crippen LogP contribution is -2.31. The molecule has 0 fully saturated rings. The first-order chi connectivity index (χ1) is 9.16. The molecule has 1 heterocycles. The molecule has 1 N–H and O–H groups in total. The van der Waals surface area contributed by atoms with Gasteiger partial charge in [0.1, 0.15) is 5.76 Å². The molecule has 1 amide bonds. The number of nitrogens with one attached hydrogen (secondary N) is 1. The molecule has 0 saturated carbocycles. The summed E-state index contributed by atoms with van der Waals surface area (Å²) < 4.78 is 6.32. The standard InChI is InChI=1S/C14H15IN2O2/c1-17(10-11-5-4-8-19-11)14(18)9-16-13-7-3-2-6-12(13)15/h2-8,16H,9-10H2,1H3. The number of halogens is 1. The van der Waals surface area contributed by atoms with Crippen LogP contribution in [-0.2, 0) is 11.3 Å². The number of hydrogen-bond acceptors (Lipinski definition) is 3. The van der Waals surface area contributed by atoms with Crippen LogP contribution in [0.4, 0.5) is 5.69 Å². The average molecular weight is 370 g/mol. The largest absolute Gasteiger partial charge is 0.467 e. The van der Waals surface area contributed by atoms with Gasteiger partial charge in [0.15, 0.2) is 0 Å². The molecular formula is C14H15IN2O2. The number of carbonyl (C=O) groups excluding carboxylic acids is 1. The van der Waals surface area contributed by atoms with Crippen LogP contribution >= 0.6 is 22.6 Å². The molecule has 0 spiro atoms. The van der Waals surface area contributed by atoms with Crippen molar-refractivity contribution in [2.75, 3.05) is 18.9 Å². The molecule has 0 saturated heterocycles. The van der Waals surface area contributed by atoms with E-state index in [9.17, 15) is 4.79 Å². The van der Waals surface area contributed by atoms with Crippen LogP contribution < -0.4 is 5.32 Å². The first kappa shape index (κ1) is 13.9. The molecule has 4 nitrogen and oxygen atoms in total. The number of likely N-dealkylation sites (N-methyl/N-ethyl adjacent to an activating group) is 1. The molecule has 0 aliphatic heterocycles. The fourth-order valence-corrected chi connectivity index (χ4v) is 2.21. The van der Waals surface area contributed by atoms with E-state index in [4.69, 9.17) is 4.42 Å². The van der Waals surface area contributed by atoms with Crippen molar-refractivity contribution in [2.45, 2.75) is 6.54 Å². The molecule has 0 radical (unpaired) electrons. The zero-order valence-electron chi connectivity index (χ0n) is 10.6. The molecule has 0 aliphatic carbocycles. The molecule has 2 aromatic rings. The number of anilines is 1. The molecule has 5 heteroatoms. The minimum absolute atomic E-state index is 0.0241. The number of hydrogen-bond donors (Lipinski definition) is 1. The minimum Gasteiger partial charge on any atom is -0.467 e. The Kier molecular flexibility index (Phi) is 4.84. The molecule has 1 aromatic carbocycles. The number of furan rings is 1. The number of benzene rings is 1. The molecule has 1 aromatic heterocycles. The zero-order valence-corrected chi connectivity index (χ0v) is 12.8. The Labute approximate surface area is 125 Å². The fourth-order valence-electron chi connectivity index (χ4n) is 1.63. The second kappa shape index (κ2) is 6.60. The van der Waals surface area contributed by atoms with Gasteiger partial charge in [0.2, 0.25) is 5.91 Å². The maximum Gasteiger partial charge on any atom is 0.242 e. The fraction of sp³-hybridized carbons (Fsp3) is 0.214. The summed E-state index contributed by atoms with van der Waals surface area (Å²) in [5, 5.41) is 3.14. The van der Waals surface area contributed by atoms with Gasteiger partial charge < -0.3 is 14.6 Å². The summed E-state index contributed by atoms with van der Waals surface area (Å²) in [6.07, 6.45) is 1.61. The highest BCUT2D eigenvalue weighted by Gasteiger charge is 2.10. The van der Waals surface area contributed by atoms with Crippen LogP contribution in [0.1, 0.15) is 5.76 Å². The highest BCUT2D eigenvalue weighted by atomic mass is 127. The average Bonchev–Trinajstić information content (AvgIpc) is 2.90. The normalized spacial score (nSPS) is 10.2. The third-order valence-electron chi connectivity index (χ3n) is 2.70. The van der Waals surface area contributed by atoms with Crippen LogP contribution in [0.5, 0.6) is 0 Å². The van der Waals surface area contributed by atoms with Gasteiger partial charge in [0, 0.05) is 16.3 Å². The lowest BCUT2D eigenvalue weighted by molar-refractivity contribution is -0.128. The third-order valence-corrected chi connectivity index (χ3v) is 3.64. The topological polar surface area (TPSA) is 45.5 Å². The summed E-state index contributed by atoms with van der Waals surface area (Å²) in [5.74, 6) is 0.807. The van der Waals surface area contributed by atoms with Crippen LogP contribution in [0, 0.1) is 3.57 Å². The van der Waals surface area contributed by atoms with Gasteiger partial charge in [-0.2, -0.15) is 0 Å². The summed E-state index contributed by atoms with van der Waals surface area (Å²) in [6.45, 7) is 0.761. The lowest BCUT2D eigenvalue weighted by Gasteiger charge is -2.16. The van der Waals surface area contributed by atoms with Crippen molar-refractivity contribution in [1.29, 1.82) is 0 Å². The van der Waals surface area contributed by atoms with Crippen molar-refractivity contribution in [2.24, 2.45) is 0 Å². The Balaban J connectivity index is 1.86. The second-order valence-corrected chi connectivity index (χ2v) is 5.32. The molecular weight excluding hydrogens is 355 g/mol. The molecule has 0 bridgehead atoms. The van der Waals surface area contributed by atoms with Crippen LogP contribution in [0.15, 0.2) is 47.1 Å². The van der Waals surface area contributed by atoms with E-state index in [0.29, 0.717) is 6.54 Å². The molecule has 100 valence electrons. The van der Waals surface area contributed by atoms with Crippen LogP contribution in [0.3, 0.4) is 0 Å². The Morgan fingerprint density at radius 2 is 2.11 bits per heavy atom. The highest BCUT2D eigenvalue weighted by Crippen LogP contribution is 2.16. The lowest BCUT2D eigenvalue weighted by atomic mass is 10.3. The maximum atomic E-state index is 12.0. The van der Waals surface area contributed by atoms with E-state index in [0.717, 1.165) is 15.0 Å². The van der Waals surface area contributed by atoms with E-state index in [1.54, 1.807) is 18.2 Å². The van der Waals surface area contributed by atoms with Gasteiger partial charge in [0.05, 0.1) is 19.4 Å². The Morgan fingerprint density at radius 3 is 2.79 bits per heavy atom. The number of para-hydroxylation sites is 1. The van der Waals surface area contributed by atoms with Gasteiger partial charge in [-0.1, -0.05) is 12.1 Å². The van der Waals surface area contributed by atoms with Gasteiger partial charge in [-0.15, -0.1) is 0 Å². The van der Waals surface area contributed by atoms with Gasteiger partial charge in [-0.3, -0.25) is 4.79 Å². The van der Waals surface area contributed by atoms with Crippen LogP contribution in [0.25, 0.3) is 0 Å². The number of carbonyl (C=O) groups is 1. The smallest absolute Gasteiger partial charge is 0.242 e. The Bertz CT molecular complexity index is 540. The predicted molar refractivity (Wildman–Crippen MR) is 82.8 cm³/mol. The molecule has 0 atom stereocenters. The predicted octanol–water partition coefficient (Wildman–Crippen LogP) is 2.95. The van der Waals surface area contributed by atoms with E-state index in [1.165, 1.54) is 0 Å². The number of nitrogens with zero attached hydrogens (tertiary/aromatic N) is 1. The Morgan fingerprint density at radius 1 is 1.32 bits per heavy atom. The first-order valence-corrected chi connectivity index (χ1v) is 6.99. The molecule has 2 rings (SSSR count). The second-order valence-electron chi connectivity index (χ2n) is 4.16. The van der Waals surface area contributed by atoms with E-state index in [1.807, 2.05) is 36.4 Å². The van der Waals surface area contributed by atoms with Crippen molar-refractivity contribution in [3.05, 3.63) is 52.0 Å². The molecule has 0 aliphatic rings. The van der Waals surface area contributed by atoms with Crippen molar-refractivity contribution in [1.82, 2.24) is 4.90 Å². The van der Waals surface area contributed by atoms with E-state index >= 15 is 0 Å². The summed E-state index contributed by atoms with van der Waals surface area (Å²) in [7, 11) is 1.77. The SMILES string of the molecule is CN(Cc1ccco1)C(=O)CNc1ccccc1I. The number of rotatable bonds is 5. The summed E-state index contributed by atoms with van der Waals surface area (Å²) in [4.78, 5) is 13.6. The summed E-state index contributed by atoms with van der Waals surface area (Å²) in [6, 6.07) is 11.6. The monoisotopic (exact) mass is 370 g/mol. The maximum absolute atomic E-state index is 12.0. The zero-order chi connectivity index (χ0) is 13.7. The summed E-state index contributed by atoms with van der Waals surface area (Å²) >= 11 is 2.24. The van der Waals surface area contributed by atoms with Crippen LogP contribution in [0.2, 0.25) is 0 Å². The van der Waals surface area contributed by atoms with E-state index < -0.39 is 0 Å². The van der Waals surface area contributed by atoms with E-state index in [-0.39, 0.29) is 12.5 Å². The third kappa shape index (κ3) is 3.99. The number of amides is 1. The van der Waals surface area contributed by atoms with Crippen molar-refractivity contribution in [3.63, 3.8) is 0 Å². The van der Waals surface area contributed by atoms with E-state index in [2.05, 4.69) is 27.9 Å². The Hall–Kier alpha value is -1.50. The van der Waals surface area contributed by atoms with Crippen molar-refractivity contribution >= 4 is 34.2 Å². The first-order valence-electron chi connectivity index (χ1n) is 5.91. The van der Waals surface area contributed by atoms with Gasteiger partial charge >= 0.3 is 0 Å². The molecule has 0 unspecified atom stereocenters. The van der Waals surface area contributed by atoms with Gasteiger partial charge in [0.25, 0.3) is 0 Å². The quantitative estimate of drug-likeness (QED) is 0.824. The molecule has 19 heavy (non-hydrogen) atoms. The highest BCUT2D eigenvalue weighted by molar-refractivity contribution is 14.1. The van der Waals surface area contributed by atoms with Crippen molar-refractivity contribution in [3.8, 4) is 0 Å². The minimum atomic E-state index is 0.0241. The van der Waals surface area contributed by atoms with Crippen molar-refractivity contribution < 1.29 is 9.21 Å². The summed E-state index contributed by atoms with van der Waals surface area (Å²) in [5.41, 5.74) is 0.975. The van der Waals surface area contributed by atoms with Gasteiger partial charge in [-0.25, -0.2) is 0 Å².